The van der Waals surface area contributed by atoms with E-state index < -0.39 is 5.82 Å². The number of nitrogens with zero attached hydrogens (tertiary/aromatic N) is 3. The van der Waals surface area contributed by atoms with Crippen molar-refractivity contribution in [1.29, 1.82) is 0 Å². The van der Waals surface area contributed by atoms with Crippen LogP contribution in [0.25, 0.3) is 5.57 Å². The second kappa shape index (κ2) is 8.00. The molecule has 0 aromatic carbocycles. The summed E-state index contributed by atoms with van der Waals surface area (Å²) in [5.41, 5.74) is 1.88. The standard InChI is InChI=1S/C20H25FN6O/c1-2-4-17(28)27-8-6-13(12-27)9-23-20-16(21)11-25-19(26-20)15-10-24-18-14(15)5-3-7-22-18/h3,5,7,10-11,13,18,22,24H,2,4,6,8-9,12H2,1H3,(H,23,25,26)/t13-,18?/m1/s1. The highest BCUT2D eigenvalue weighted by atomic mass is 19.1. The number of carbonyl (C=O) groups is 1. The first kappa shape index (κ1) is 18.5. The van der Waals surface area contributed by atoms with Gasteiger partial charge in [-0.05, 0) is 31.0 Å². The van der Waals surface area contributed by atoms with E-state index in [4.69, 9.17) is 0 Å². The predicted molar refractivity (Wildman–Crippen MR) is 105 cm³/mol. The Balaban J connectivity index is 1.41. The molecule has 3 aliphatic heterocycles. The summed E-state index contributed by atoms with van der Waals surface area (Å²) < 4.78 is 14.2. The number of rotatable bonds is 6. The number of allylic oxidation sites excluding steroid dienone is 2. The first-order valence-electron chi connectivity index (χ1n) is 9.79. The number of nitrogens with one attached hydrogen (secondary N) is 3. The number of hydrogen-bond donors (Lipinski definition) is 3. The van der Waals surface area contributed by atoms with Gasteiger partial charge in [0.2, 0.25) is 5.91 Å². The third-order valence-electron chi connectivity index (χ3n) is 5.30. The largest absolute Gasteiger partial charge is 0.368 e. The Kier molecular flexibility index (Phi) is 5.27. The van der Waals surface area contributed by atoms with Crippen molar-refractivity contribution in [1.82, 2.24) is 25.5 Å². The van der Waals surface area contributed by atoms with E-state index in [0.29, 0.717) is 31.3 Å². The maximum absolute atomic E-state index is 14.2. The van der Waals surface area contributed by atoms with Crippen molar-refractivity contribution in [2.75, 3.05) is 25.0 Å². The molecule has 1 aromatic rings. The van der Waals surface area contributed by atoms with Crippen molar-refractivity contribution >= 4 is 17.3 Å². The second-order valence-corrected chi connectivity index (χ2v) is 7.32. The SMILES string of the molecule is CCCC(=O)N1CC[C@H](CNc2nc(C3=CNC4NC=CC=C34)ncc2F)C1. The number of likely N-dealkylation sites (tertiary alicyclic amines) is 1. The van der Waals surface area contributed by atoms with Crippen LogP contribution >= 0.6 is 0 Å². The lowest BCUT2D eigenvalue weighted by molar-refractivity contribution is -0.130. The molecule has 7 nitrogen and oxygen atoms in total. The molecule has 1 amide bonds. The van der Waals surface area contributed by atoms with E-state index >= 15 is 0 Å². The van der Waals surface area contributed by atoms with Gasteiger partial charge in [-0.3, -0.25) is 4.79 Å². The molecule has 148 valence electrons. The monoisotopic (exact) mass is 384 g/mol. The third-order valence-corrected chi connectivity index (χ3v) is 5.30. The van der Waals surface area contributed by atoms with Crippen molar-refractivity contribution in [3.8, 4) is 0 Å². The van der Waals surface area contributed by atoms with E-state index in [1.54, 1.807) is 0 Å². The van der Waals surface area contributed by atoms with E-state index in [2.05, 4.69) is 25.9 Å². The van der Waals surface area contributed by atoms with Crippen molar-refractivity contribution < 1.29 is 9.18 Å². The van der Waals surface area contributed by atoms with Gasteiger partial charge in [-0.25, -0.2) is 14.4 Å². The van der Waals surface area contributed by atoms with Crippen LogP contribution in [-0.2, 0) is 4.79 Å². The Morgan fingerprint density at radius 1 is 1.43 bits per heavy atom. The maximum Gasteiger partial charge on any atom is 0.222 e. The number of fused-ring (bicyclic) bond motifs is 1. The van der Waals surface area contributed by atoms with Crippen molar-refractivity contribution in [3.05, 3.63) is 48.0 Å². The minimum atomic E-state index is -0.473. The van der Waals surface area contributed by atoms with Gasteiger partial charge in [0, 0.05) is 43.4 Å². The summed E-state index contributed by atoms with van der Waals surface area (Å²) >= 11 is 0. The van der Waals surface area contributed by atoms with E-state index in [1.165, 1.54) is 6.20 Å². The van der Waals surface area contributed by atoms with Gasteiger partial charge in [-0.1, -0.05) is 13.0 Å². The first-order chi connectivity index (χ1) is 13.7. The summed E-state index contributed by atoms with van der Waals surface area (Å²) in [6.45, 7) is 4.08. The van der Waals surface area contributed by atoms with Gasteiger partial charge < -0.3 is 20.9 Å². The highest BCUT2D eigenvalue weighted by molar-refractivity contribution is 5.80. The average molecular weight is 384 g/mol. The maximum atomic E-state index is 14.2. The number of hydrogen-bond acceptors (Lipinski definition) is 6. The van der Waals surface area contributed by atoms with Crippen LogP contribution in [0.3, 0.4) is 0 Å². The summed E-state index contributed by atoms with van der Waals surface area (Å²) in [5.74, 6) is 0.713. The Morgan fingerprint density at radius 2 is 2.32 bits per heavy atom. The van der Waals surface area contributed by atoms with E-state index in [0.717, 1.165) is 30.5 Å². The number of halogens is 1. The van der Waals surface area contributed by atoms with Crippen molar-refractivity contribution in [2.24, 2.45) is 5.92 Å². The van der Waals surface area contributed by atoms with Crippen LogP contribution < -0.4 is 16.0 Å². The quantitative estimate of drug-likeness (QED) is 0.696. The molecule has 1 aromatic heterocycles. The lowest BCUT2D eigenvalue weighted by Gasteiger charge is -2.18. The van der Waals surface area contributed by atoms with Gasteiger partial charge in [0.1, 0.15) is 6.17 Å². The van der Waals surface area contributed by atoms with Gasteiger partial charge in [0.05, 0.1) is 6.20 Å². The van der Waals surface area contributed by atoms with Gasteiger partial charge in [0.25, 0.3) is 0 Å². The molecule has 3 aliphatic rings. The van der Waals surface area contributed by atoms with Crippen molar-refractivity contribution in [3.63, 3.8) is 0 Å². The molecular formula is C20H25FN6O. The predicted octanol–water partition coefficient (Wildman–Crippen LogP) is 1.99. The number of anilines is 1. The number of carbonyl (C=O) groups excluding carboxylic acids is 1. The molecule has 0 radical (unpaired) electrons. The van der Waals surface area contributed by atoms with Crippen LogP contribution in [0.4, 0.5) is 10.2 Å². The topological polar surface area (TPSA) is 82.2 Å². The number of dihydropyridines is 1. The minimum Gasteiger partial charge on any atom is -0.368 e. The lowest BCUT2D eigenvalue weighted by Crippen LogP contribution is -2.35. The molecule has 28 heavy (non-hydrogen) atoms. The molecule has 1 fully saturated rings. The zero-order valence-corrected chi connectivity index (χ0v) is 15.9. The molecular weight excluding hydrogens is 359 g/mol. The van der Waals surface area contributed by atoms with Crippen LogP contribution in [0.5, 0.6) is 0 Å². The zero-order chi connectivity index (χ0) is 19.5. The van der Waals surface area contributed by atoms with Gasteiger partial charge >= 0.3 is 0 Å². The van der Waals surface area contributed by atoms with Crippen LogP contribution in [-0.4, -0.2) is 46.6 Å². The molecule has 2 atom stereocenters. The molecule has 0 spiro atoms. The highest BCUT2D eigenvalue weighted by Crippen LogP contribution is 2.29. The van der Waals surface area contributed by atoms with Crippen LogP contribution in [0.15, 0.2) is 36.3 Å². The van der Waals surface area contributed by atoms with E-state index in [1.807, 2.05) is 36.4 Å². The molecule has 0 saturated carbocycles. The van der Waals surface area contributed by atoms with Gasteiger partial charge in [-0.15, -0.1) is 0 Å². The summed E-state index contributed by atoms with van der Waals surface area (Å²) in [4.78, 5) is 22.5. The molecule has 4 rings (SSSR count). The van der Waals surface area contributed by atoms with Crippen molar-refractivity contribution in [2.45, 2.75) is 32.4 Å². The molecule has 3 N–H and O–H groups in total. The van der Waals surface area contributed by atoms with Crippen LogP contribution in [0, 0.1) is 11.7 Å². The molecule has 0 aliphatic carbocycles. The summed E-state index contributed by atoms with van der Waals surface area (Å²) in [5, 5.41) is 9.54. The number of amides is 1. The number of aromatic nitrogens is 2. The fraction of sp³-hybridized carbons (Fsp3) is 0.450. The molecule has 8 heteroatoms. The van der Waals surface area contributed by atoms with E-state index in [-0.39, 0.29) is 17.9 Å². The Bertz CT molecular complexity index is 849. The average Bonchev–Trinajstić information content (AvgIpc) is 3.35. The van der Waals surface area contributed by atoms with E-state index in [9.17, 15) is 9.18 Å². The molecule has 1 saturated heterocycles. The first-order valence-corrected chi connectivity index (χ1v) is 9.79. The summed E-state index contributed by atoms with van der Waals surface area (Å²) in [6, 6.07) is 0. The fourth-order valence-electron chi connectivity index (χ4n) is 3.78. The Morgan fingerprint density at radius 3 is 3.18 bits per heavy atom. The molecule has 0 bridgehead atoms. The normalized spacial score (nSPS) is 22.9. The third kappa shape index (κ3) is 3.72. The summed E-state index contributed by atoms with van der Waals surface area (Å²) in [6.07, 6.45) is 11.2. The highest BCUT2D eigenvalue weighted by Gasteiger charge is 2.28. The smallest absolute Gasteiger partial charge is 0.222 e. The van der Waals surface area contributed by atoms with Gasteiger partial charge in [-0.2, -0.15) is 0 Å². The van der Waals surface area contributed by atoms with Gasteiger partial charge in [0.15, 0.2) is 17.5 Å². The lowest BCUT2D eigenvalue weighted by atomic mass is 10.0. The fourth-order valence-corrected chi connectivity index (χ4v) is 3.78. The zero-order valence-electron chi connectivity index (χ0n) is 15.9. The Hall–Kier alpha value is -2.90. The van der Waals surface area contributed by atoms with Crippen LogP contribution in [0.1, 0.15) is 32.0 Å². The molecule has 1 unspecified atom stereocenters. The Labute approximate surface area is 163 Å². The summed E-state index contributed by atoms with van der Waals surface area (Å²) in [7, 11) is 0. The van der Waals surface area contributed by atoms with Crippen LogP contribution in [0.2, 0.25) is 0 Å². The minimum absolute atomic E-state index is 0.00445. The second-order valence-electron chi connectivity index (χ2n) is 7.32. The molecule has 4 heterocycles.